The summed E-state index contributed by atoms with van der Waals surface area (Å²) in [5.41, 5.74) is 0.310. The molecule has 1 fully saturated rings. The second-order valence-corrected chi connectivity index (χ2v) is 8.14. The maximum atomic E-state index is 13.4. The number of aliphatic hydroxyl groups is 1. The highest BCUT2D eigenvalue weighted by Crippen LogP contribution is 2.42. The summed E-state index contributed by atoms with van der Waals surface area (Å²) in [5.74, 6) is -5.25. The van der Waals surface area contributed by atoms with Gasteiger partial charge in [-0.1, -0.05) is 31.5 Å². The molecule has 3 rings (SSSR count). The van der Waals surface area contributed by atoms with Crippen molar-refractivity contribution in [2.75, 3.05) is 7.11 Å². The van der Waals surface area contributed by atoms with Crippen LogP contribution >= 0.6 is 11.6 Å². The molecular formula is C22H21ClFNO6. The van der Waals surface area contributed by atoms with Crippen LogP contribution in [0.25, 0.3) is 0 Å². The van der Waals surface area contributed by atoms with Crippen LogP contribution in [0.2, 0.25) is 5.02 Å². The summed E-state index contributed by atoms with van der Waals surface area (Å²) < 4.78 is 18.1. The normalized spacial score (nSPS) is 19.0. The Bertz CT molecular complexity index is 1060. The van der Waals surface area contributed by atoms with Crippen molar-refractivity contribution in [1.82, 2.24) is 4.90 Å². The molecule has 1 aromatic rings. The minimum atomic E-state index is -0.847. The Balaban J connectivity index is 2.08. The van der Waals surface area contributed by atoms with Crippen LogP contribution in [-0.4, -0.2) is 40.7 Å². The zero-order valence-corrected chi connectivity index (χ0v) is 18.0. The Morgan fingerprint density at radius 2 is 1.87 bits per heavy atom. The van der Waals surface area contributed by atoms with Crippen molar-refractivity contribution in [3.8, 4) is 0 Å². The van der Waals surface area contributed by atoms with E-state index in [2.05, 4.69) is 4.74 Å². The number of benzene rings is 1. The third kappa shape index (κ3) is 3.99. The zero-order valence-electron chi connectivity index (χ0n) is 17.2. The van der Waals surface area contributed by atoms with Gasteiger partial charge in [0.2, 0.25) is 5.78 Å². The lowest BCUT2D eigenvalue weighted by atomic mass is 9.74. The quantitative estimate of drug-likeness (QED) is 0.528. The molecule has 1 unspecified atom stereocenters. The van der Waals surface area contributed by atoms with Crippen LogP contribution in [0.5, 0.6) is 0 Å². The van der Waals surface area contributed by atoms with Crippen LogP contribution in [0.1, 0.15) is 32.3 Å². The fourth-order valence-electron chi connectivity index (χ4n) is 3.97. The van der Waals surface area contributed by atoms with Crippen molar-refractivity contribution in [2.24, 2.45) is 11.8 Å². The number of methoxy groups -OCH3 is 1. The van der Waals surface area contributed by atoms with Crippen molar-refractivity contribution in [1.29, 1.82) is 0 Å². The number of allylic oxidation sites excluding steroid dienone is 2. The number of hydrogen-bond acceptors (Lipinski definition) is 6. The lowest BCUT2D eigenvalue weighted by Gasteiger charge is -2.27. The first-order valence-corrected chi connectivity index (χ1v) is 10.0. The minimum absolute atomic E-state index is 0.0304. The summed E-state index contributed by atoms with van der Waals surface area (Å²) in [4.78, 5) is 51.6. The van der Waals surface area contributed by atoms with Gasteiger partial charge in [0.05, 0.1) is 29.8 Å². The number of carbonyl (C=O) groups is 4. The Morgan fingerprint density at radius 1 is 1.23 bits per heavy atom. The number of halogens is 2. The van der Waals surface area contributed by atoms with E-state index in [-0.39, 0.29) is 41.5 Å². The maximum Gasteiger partial charge on any atom is 0.305 e. The molecule has 7 nitrogen and oxygen atoms in total. The average molecular weight is 450 g/mol. The molecule has 2 aliphatic rings. The highest BCUT2D eigenvalue weighted by atomic mass is 35.5. The van der Waals surface area contributed by atoms with Crippen LogP contribution in [0.3, 0.4) is 0 Å². The van der Waals surface area contributed by atoms with Gasteiger partial charge in [0, 0.05) is 12.3 Å². The monoisotopic (exact) mass is 449 g/mol. The molecule has 1 aliphatic carbocycles. The van der Waals surface area contributed by atoms with E-state index in [0.29, 0.717) is 11.1 Å². The third-order valence-electron chi connectivity index (χ3n) is 5.43. The molecule has 0 spiro atoms. The molecular weight excluding hydrogens is 429 g/mol. The minimum Gasteiger partial charge on any atom is -0.504 e. The van der Waals surface area contributed by atoms with Crippen LogP contribution in [0.15, 0.2) is 40.7 Å². The van der Waals surface area contributed by atoms with E-state index in [9.17, 15) is 28.7 Å². The van der Waals surface area contributed by atoms with E-state index in [1.807, 2.05) is 0 Å². The van der Waals surface area contributed by atoms with Gasteiger partial charge < -0.3 is 9.84 Å². The van der Waals surface area contributed by atoms with Gasteiger partial charge in [-0.15, -0.1) is 0 Å². The van der Waals surface area contributed by atoms with E-state index in [1.54, 1.807) is 13.8 Å². The molecule has 1 atom stereocenters. The number of fused-ring (bicyclic) bond motifs is 1. The smallest absolute Gasteiger partial charge is 0.305 e. The second kappa shape index (κ2) is 8.63. The number of aliphatic hydroxyl groups excluding tert-OH is 1. The van der Waals surface area contributed by atoms with Gasteiger partial charge >= 0.3 is 5.97 Å². The zero-order chi connectivity index (χ0) is 23.0. The first-order chi connectivity index (χ1) is 14.6. The molecule has 1 aliphatic heterocycles. The summed E-state index contributed by atoms with van der Waals surface area (Å²) in [6.07, 6.45) is -0.0580. The van der Waals surface area contributed by atoms with Gasteiger partial charge in [0.25, 0.3) is 11.8 Å². The topological polar surface area (TPSA) is 101 Å². The van der Waals surface area contributed by atoms with Gasteiger partial charge in [0.15, 0.2) is 5.76 Å². The van der Waals surface area contributed by atoms with E-state index in [0.717, 1.165) is 11.0 Å². The molecule has 0 radical (unpaired) electrons. The molecule has 0 saturated carbocycles. The van der Waals surface area contributed by atoms with Crippen molar-refractivity contribution < 1.29 is 33.4 Å². The van der Waals surface area contributed by atoms with Gasteiger partial charge in [-0.05, 0) is 35.6 Å². The highest BCUT2D eigenvalue weighted by Gasteiger charge is 2.49. The number of nitrogens with zero attached hydrogens (tertiary/aromatic N) is 1. The summed E-state index contributed by atoms with van der Waals surface area (Å²) in [6.45, 7) is 3.28. The van der Waals surface area contributed by atoms with Crippen LogP contribution < -0.4 is 0 Å². The average Bonchev–Trinajstić information content (AvgIpc) is 2.96. The Hall–Kier alpha value is -3.00. The Kier molecular flexibility index (Phi) is 6.31. The summed E-state index contributed by atoms with van der Waals surface area (Å²) in [7, 11) is 1.23. The molecule has 1 aromatic carbocycles. The largest absolute Gasteiger partial charge is 0.504 e. The van der Waals surface area contributed by atoms with E-state index in [4.69, 9.17) is 11.6 Å². The lowest BCUT2D eigenvalue weighted by Crippen LogP contribution is -2.31. The fourth-order valence-corrected chi connectivity index (χ4v) is 4.17. The van der Waals surface area contributed by atoms with Crippen molar-refractivity contribution >= 4 is 35.2 Å². The first kappa shape index (κ1) is 22.7. The van der Waals surface area contributed by atoms with E-state index < -0.39 is 41.1 Å². The molecule has 164 valence electrons. The summed E-state index contributed by atoms with van der Waals surface area (Å²) >= 11 is 5.79. The number of amides is 2. The van der Waals surface area contributed by atoms with Crippen molar-refractivity contribution in [3.63, 3.8) is 0 Å². The van der Waals surface area contributed by atoms with Gasteiger partial charge in [-0.3, -0.25) is 24.1 Å². The number of imide groups is 1. The SMILES string of the molecule is COC(=O)CCC1=C2C(=O)N(Cc3ccc(F)c(Cl)c3)C(=O)C2=C(O)C(=O)C1C(C)C. The predicted molar refractivity (Wildman–Crippen MR) is 108 cm³/mol. The van der Waals surface area contributed by atoms with Crippen LogP contribution in [0, 0.1) is 17.7 Å². The lowest BCUT2D eigenvalue weighted by molar-refractivity contribution is -0.141. The number of hydrogen-bond donors (Lipinski definition) is 1. The number of Topliss-reactive ketones (excluding diaryl/α,β-unsaturated/α-hetero) is 1. The fraction of sp³-hybridized carbons (Fsp3) is 0.364. The number of rotatable bonds is 6. The first-order valence-electron chi connectivity index (χ1n) is 9.66. The second-order valence-electron chi connectivity index (χ2n) is 7.73. The number of carbonyl (C=O) groups excluding carboxylic acids is 4. The van der Waals surface area contributed by atoms with Crippen LogP contribution in [0.4, 0.5) is 4.39 Å². The number of ether oxygens (including phenoxy) is 1. The van der Waals surface area contributed by atoms with Gasteiger partial charge in [-0.25, -0.2) is 4.39 Å². The Morgan fingerprint density at radius 3 is 2.45 bits per heavy atom. The number of esters is 1. The molecule has 1 N–H and O–H groups in total. The standard InChI is InChI=1S/C22H21ClFNO6/c1-10(2)16-12(5-7-15(26)31-3)17-18(20(28)19(16)27)22(30)25(21(17)29)9-11-4-6-14(24)13(23)8-11/h4,6,8,10,16,28H,5,7,9H2,1-3H3. The predicted octanol–water partition coefficient (Wildman–Crippen LogP) is 3.26. The third-order valence-corrected chi connectivity index (χ3v) is 5.72. The van der Waals surface area contributed by atoms with Crippen LogP contribution in [-0.2, 0) is 30.5 Å². The highest BCUT2D eigenvalue weighted by molar-refractivity contribution is 6.31. The van der Waals surface area contributed by atoms with Gasteiger partial charge in [0.1, 0.15) is 5.82 Å². The molecule has 2 amide bonds. The molecule has 1 saturated heterocycles. The summed E-state index contributed by atoms with van der Waals surface area (Å²) in [5, 5.41) is 10.3. The van der Waals surface area contributed by atoms with E-state index in [1.165, 1.54) is 19.2 Å². The number of ketones is 1. The molecule has 9 heteroatoms. The molecule has 0 bridgehead atoms. The number of likely N-dealkylation sites (tertiary alicyclic amines) is 1. The summed E-state index contributed by atoms with van der Waals surface area (Å²) in [6, 6.07) is 3.79. The van der Waals surface area contributed by atoms with Gasteiger partial charge in [-0.2, -0.15) is 0 Å². The van der Waals surface area contributed by atoms with Crippen molar-refractivity contribution in [2.45, 2.75) is 33.2 Å². The molecule has 1 heterocycles. The maximum absolute atomic E-state index is 13.4. The van der Waals surface area contributed by atoms with E-state index >= 15 is 0 Å². The Labute approximate surface area is 183 Å². The molecule has 31 heavy (non-hydrogen) atoms. The van der Waals surface area contributed by atoms with Crippen molar-refractivity contribution in [3.05, 3.63) is 57.1 Å². The molecule has 0 aromatic heterocycles.